The molecule has 0 unspecified atom stereocenters. The lowest BCUT2D eigenvalue weighted by atomic mass is 10.0. The fraction of sp³-hybridized carbons (Fsp3) is 0.263. The first kappa shape index (κ1) is 19.0. The molecule has 25 heavy (non-hydrogen) atoms. The molecule has 0 radical (unpaired) electrons. The van der Waals surface area contributed by atoms with E-state index < -0.39 is 5.97 Å². The number of carboxylic acids is 1. The zero-order chi connectivity index (χ0) is 18.4. The standard InChI is InChI=1S/C17H14BrNO4.C2H6/c18-13-7-12-5-6-16(20)19-14(12)8-15(13)23-9-10-1-3-11(4-2-10)17(21)22;1-2/h1-4,7-8H,5-6,9H2,(H,19,20)(H,21,22);1-2H3. The summed E-state index contributed by atoms with van der Waals surface area (Å²) in [5.41, 5.74) is 2.96. The molecule has 0 fully saturated rings. The van der Waals surface area contributed by atoms with E-state index in [-0.39, 0.29) is 11.5 Å². The lowest BCUT2D eigenvalue weighted by Gasteiger charge is -2.19. The number of aryl methyl sites for hydroxylation is 1. The Labute approximate surface area is 155 Å². The van der Waals surface area contributed by atoms with Crippen molar-refractivity contribution in [2.45, 2.75) is 33.3 Å². The number of aromatic carboxylic acids is 1. The SMILES string of the molecule is CC.O=C1CCc2cc(Br)c(OCc3ccc(C(=O)O)cc3)cc2N1. The third-order valence-corrected chi connectivity index (χ3v) is 4.27. The van der Waals surface area contributed by atoms with E-state index in [0.717, 1.165) is 27.7 Å². The monoisotopic (exact) mass is 405 g/mol. The first-order valence-corrected chi connectivity index (χ1v) is 8.89. The van der Waals surface area contributed by atoms with E-state index in [1.165, 1.54) is 0 Å². The summed E-state index contributed by atoms with van der Waals surface area (Å²) in [5.74, 6) is -0.311. The summed E-state index contributed by atoms with van der Waals surface area (Å²) in [5, 5.41) is 11.7. The van der Waals surface area contributed by atoms with Crippen LogP contribution < -0.4 is 10.1 Å². The highest BCUT2D eigenvalue weighted by atomic mass is 79.9. The van der Waals surface area contributed by atoms with E-state index >= 15 is 0 Å². The van der Waals surface area contributed by atoms with E-state index in [2.05, 4.69) is 21.2 Å². The van der Waals surface area contributed by atoms with Crippen LogP contribution >= 0.6 is 15.9 Å². The van der Waals surface area contributed by atoms with E-state index in [1.807, 2.05) is 26.0 Å². The number of carbonyl (C=O) groups is 2. The molecule has 1 aliphatic rings. The van der Waals surface area contributed by atoms with Gasteiger partial charge in [0.15, 0.2) is 0 Å². The molecule has 2 N–H and O–H groups in total. The van der Waals surface area contributed by atoms with Crippen LogP contribution in [-0.2, 0) is 17.8 Å². The Morgan fingerprint density at radius 3 is 2.52 bits per heavy atom. The second-order valence-corrected chi connectivity index (χ2v) is 6.13. The molecule has 1 heterocycles. The van der Waals surface area contributed by atoms with Gasteiger partial charge in [-0.2, -0.15) is 0 Å². The van der Waals surface area contributed by atoms with E-state index in [4.69, 9.17) is 9.84 Å². The molecule has 3 rings (SSSR count). The Hall–Kier alpha value is -2.34. The quantitative estimate of drug-likeness (QED) is 0.776. The lowest BCUT2D eigenvalue weighted by Crippen LogP contribution is -2.19. The summed E-state index contributed by atoms with van der Waals surface area (Å²) in [6, 6.07) is 10.3. The number of hydrogen-bond acceptors (Lipinski definition) is 3. The summed E-state index contributed by atoms with van der Waals surface area (Å²) in [4.78, 5) is 22.3. The van der Waals surface area contributed by atoms with Crippen molar-refractivity contribution < 1.29 is 19.4 Å². The summed E-state index contributed by atoms with van der Waals surface area (Å²) < 4.78 is 6.61. The molecule has 0 saturated carbocycles. The number of amides is 1. The normalized spacial score (nSPS) is 12.4. The van der Waals surface area contributed by atoms with Crippen LogP contribution in [0.15, 0.2) is 40.9 Å². The molecule has 0 aromatic heterocycles. The molecule has 2 aromatic carbocycles. The zero-order valence-corrected chi connectivity index (χ0v) is 15.7. The molecule has 0 bridgehead atoms. The van der Waals surface area contributed by atoms with Crippen LogP contribution in [0.3, 0.4) is 0 Å². The van der Waals surface area contributed by atoms with Crippen LogP contribution in [0.2, 0.25) is 0 Å². The number of carbonyl (C=O) groups excluding carboxylic acids is 1. The average Bonchev–Trinajstić information content (AvgIpc) is 2.62. The number of fused-ring (bicyclic) bond motifs is 1. The number of nitrogens with one attached hydrogen (secondary N) is 1. The van der Waals surface area contributed by atoms with E-state index in [9.17, 15) is 9.59 Å². The Morgan fingerprint density at radius 1 is 1.20 bits per heavy atom. The van der Waals surface area contributed by atoms with Crippen molar-refractivity contribution in [1.29, 1.82) is 0 Å². The minimum Gasteiger partial charge on any atom is -0.488 e. The third kappa shape index (κ3) is 4.82. The van der Waals surface area contributed by atoms with E-state index in [0.29, 0.717) is 18.8 Å². The molecule has 0 aliphatic carbocycles. The van der Waals surface area contributed by atoms with Gasteiger partial charge < -0.3 is 15.2 Å². The number of halogens is 1. The molecule has 2 aromatic rings. The van der Waals surface area contributed by atoms with Crippen molar-refractivity contribution in [1.82, 2.24) is 0 Å². The Balaban J connectivity index is 0.00000109. The molecule has 132 valence electrons. The zero-order valence-electron chi connectivity index (χ0n) is 14.1. The van der Waals surface area contributed by atoms with Crippen molar-refractivity contribution in [2.75, 3.05) is 5.32 Å². The average molecular weight is 406 g/mol. The van der Waals surface area contributed by atoms with Crippen LogP contribution in [0.4, 0.5) is 5.69 Å². The molecule has 0 atom stereocenters. The number of hydrogen-bond donors (Lipinski definition) is 2. The van der Waals surface area contributed by atoms with Gasteiger partial charge in [0.05, 0.1) is 10.0 Å². The van der Waals surface area contributed by atoms with Gasteiger partial charge in [-0.1, -0.05) is 26.0 Å². The highest BCUT2D eigenvalue weighted by molar-refractivity contribution is 9.10. The number of rotatable bonds is 4. The van der Waals surface area contributed by atoms with E-state index in [1.54, 1.807) is 24.3 Å². The van der Waals surface area contributed by atoms with Crippen molar-refractivity contribution >= 4 is 33.5 Å². The molecule has 5 nitrogen and oxygen atoms in total. The fourth-order valence-electron chi connectivity index (χ4n) is 2.39. The van der Waals surface area contributed by atoms with Crippen LogP contribution in [0.1, 0.15) is 41.8 Å². The van der Waals surface area contributed by atoms with Crippen molar-refractivity contribution in [2.24, 2.45) is 0 Å². The molecule has 0 spiro atoms. The fourth-order valence-corrected chi connectivity index (χ4v) is 2.90. The van der Waals surface area contributed by atoms with Crippen molar-refractivity contribution in [3.05, 3.63) is 57.6 Å². The third-order valence-electron chi connectivity index (χ3n) is 3.65. The van der Waals surface area contributed by atoms with Gasteiger partial charge in [0, 0.05) is 18.2 Å². The van der Waals surface area contributed by atoms with Crippen LogP contribution in [0, 0.1) is 0 Å². The number of anilines is 1. The van der Waals surface area contributed by atoms with Crippen LogP contribution in [-0.4, -0.2) is 17.0 Å². The molecule has 1 amide bonds. The van der Waals surface area contributed by atoms with Crippen molar-refractivity contribution in [3.8, 4) is 5.75 Å². The first-order chi connectivity index (χ1) is 12.0. The van der Waals surface area contributed by atoms with Gasteiger partial charge >= 0.3 is 5.97 Å². The minimum absolute atomic E-state index is 0.00929. The predicted octanol–water partition coefficient (Wildman–Crippen LogP) is 4.64. The smallest absolute Gasteiger partial charge is 0.335 e. The molecular formula is C19H20BrNO4. The maximum Gasteiger partial charge on any atom is 0.335 e. The molecule has 0 saturated heterocycles. The van der Waals surface area contributed by atoms with Gasteiger partial charge in [0.1, 0.15) is 12.4 Å². The van der Waals surface area contributed by atoms with Gasteiger partial charge in [0.2, 0.25) is 5.91 Å². The van der Waals surface area contributed by atoms with Gasteiger partial charge in [-0.3, -0.25) is 4.79 Å². The number of carboxylic acid groups (broad SMARTS) is 1. The van der Waals surface area contributed by atoms with Gasteiger partial charge in [-0.05, 0) is 51.7 Å². The van der Waals surface area contributed by atoms with Gasteiger partial charge in [-0.25, -0.2) is 4.79 Å². The molecular weight excluding hydrogens is 386 g/mol. The largest absolute Gasteiger partial charge is 0.488 e. The minimum atomic E-state index is -0.953. The Kier molecular flexibility index (Phi) is 6.58. The Morgan fingerprint density at radius 2 is 1.88 bits per heavy atom. The topological polar surface area (TPSA) is 75.6 Å². The highest BCUT2D eigenvalue weighted by Crippen LogP contribution is 2.34. The van der Waals surface area contributed by atoms with Crippen molar-refractivity contribution in [3.63, 3.8) is 0 Å². The number of ether oxygens (including phenoxy) is 1. The van der Waals surface area contributed by atoms with Crippen LogP contribution in [0.5, 0.6) is 5.75 Å². The lowest BCUT2D eigenvalue weighted by molar-refractivity contribution is -0.116. The van der Waals surface area contributed by atoms with Gasteiger partial charge in [0.25, 0.3) is 0 Å². The maximum absolute atomic E-state index is 11.5. The predicted molar refractivity (Wildman–Crippen MR) is 100 cm³/mol. The van der Waals surface area contributed by atoms with Crippen LogP contribution in [0.25, 0.3) is 0 Å². The molecule has 6 heteroatoms. The maximum atomic E-state index is 11.5. The summed E-state index contributed by atoms with van der Waals surface area (Å²) >= 11 is 3.48. The Bertz CT molecular complexity index is 772. The second kappa shape index (κ2) is 8.67. The summed E-state index contributed by atoms with van der Waals surface area (Å²) in [6.07, 6.45) is 1.21. The first-order valence-electron chi connectivity index (χ1n) is 8.10. The number of benzene rings is 2. The summed E-state index contributed by atoms with van der Waals surface area (Å²) in [6.45, 7) is 4.31. The highest BCUT2D eigenvalue weighted by Gasteiger charge is 2.17. The van der Waals surface area contributed by atoms with Gasteiger partial charge in [-0.15, -0.1) is 0 Å². The summed E-state index contributed by atoms with van der Waals surface area (Å²) in [7, 11) is 0. The second-order valence-electron chi connectivity index (χ2n) is 5.28. The molecule has 1 aliphatic heterocycles.